The Bertz CT molecular complexity index is 315. The molecule has 1 aromatic carbocycles. The van der Waals surface area contributed by atoms with E-state index in [1.54, 1.807) is 0 Å². The van der Waals surface area contributed by atoms with Crippen molar-refractivity contribution in [2.24, 2.45) is 0 Å². The fraction of sp³-hybridized carbons (Fsp3) is 0.571. The SMILES string of the molecule is OCCN1CCCN(Cc2ccccc2)CC1. The van der Waals surface area contributed by atoms with E-state index in [0.717, 1.165) is 39.3 Å². The predicted octanol–water partition coefficient (Wildman–Crippen LogP) is 1.19. The first-order valence-corrected chi connectivity index (χ1v) is 6.48. The summed E-state index contributed by atoms with van der Waals surface area (Å²) in [5, 5.41) is 8.96. The Hall–Kier alpha value is -0.900. The number of β-amino-alcohol motifs (C(OH)–C–C–N with tert-alkyl or cyclic N) is 1. The molecular weight excluding hydrogens is 212 g/mol. The standard InChI is InChI=1S/C14H22N2O/c17-12-11-15-7-4-8-16(10-9-15)13-14-5-2-1-3-6-14/h1-3,5-6,17H,4,7-13H2. The van der Waals surface area contributed by atoms with E-state index in [9.17, 15) is 0 Å². The number of hydrogen-bond donors (Lipinski definition) is 1. The molecule has 1 heterocycles. The lowest BCUT2D eigenvalue weighted by atomic mass is 10.2. The van der Waals surface area contributed by atoms with Crippen LogP contribution in [0.15, 0.2) is 30.3 Å². The molecule has 2 rings (SSSR count). The molecule has 0 unspecified atom stereocenters. The molecule has 1 aliphatic heterocycles. The van der Waals surface area contributed by atoms with Crippen LogP contribution in [-0.4, -0.2) is 54.2 Å². The van der Waals surface area contributed by atoms with Crippen LogP contribution in [0.5, 0.6) is 0 Å². The monoisotopic (exact) mass is 234 g/mol. The first kappa shape index (κ1) is 12.6. The predicted molar refractivity (Wildman–Crippen MR) is 69.9 cm³/mol. The Morgan fingerprint density at radius 2 is 1.65 bits per heavy atom. The van der Waals surface area contributed by atoms with Gasteiger partial charge in [0.2, 0.25) is 0 Å². The zero-order chi connectivity index (χ0) is 11.9. The fourth-order valence-corrected chi connectivity index (χ4v) is 2.39. The van der Waals surface area contributed by atoms with Crippen LogP contribution >= 0.6 is 0 Å². The number of rotatable bonds is 4. The number of aliphatic hydroxyl groups excluding tert-OH is 1. The number of benzene rings is 1. The molecule has 0 aliphatic carbocycles. The molecular formula is C14H22N2O. The van der Waals surface area contributed by atoms with Crippen LogP contribution in [-0.2, 0) is 6.54 Å². The molecule has 17 heavy (non-hydrogen) atoms. The Morgan fingerprint density at radius 3 is 2.41 bits per heavy atom. The first-order chi connectivity index (χ1) is 8.38. The van der Waals surface area contributed by atoms with Gasteiger partial charge < -0.3 is 5.11 Å². The molecule has 1 aliphatic rings. The van der Waals surface area contributed by atoms with Gasteiger partial charge in [0.1, 0.15) is 0 Å². The molecule has 1 aromatic rings. The fourth-order valence-electron chi connectivity index (χ4n) is 2.39. The Morgan fingerprint density at radius 1 is 0.941 bits per heavy atom. The van der Waals surface area contributed by atoms with Gasteiger partial charge in [-0.1, -0.05) is 30.3 Å². The van der Waals surface area contributed by atoms with Crippen molar-refractivity contribution in [2.45, 2.75) is 13.0 Å². The summed E-state index contributed by atoms with van der Waals surface area (Å²) in [4.78, 5) is 4.86. The molecule has 1 N–H and O–H groups in total. The third kappa shape index (κ3) is 4.11. The molecule has 1 saturated heterocycles. The molecule has 0 atom stereocenters. The maximum atomic E-state index is 8.96. The van der Waals surface area contributed by atoms with Gasteiger partial charge in [-0.25, -0.2) is 0 Å². The molecule has 1 fully saturated rings. The van der Waals surface area contributed by atoms with E-state index >= 15 is 0 Å². The summed E-state index contributed by atoms with van der Waals surface area (Å²) in [6.45, 7) is 6.61. The smallest absolute Gasteiger partial charge is 0.0558 e. The van der Waals surface area contributed by atoms with E-state index in [4.69, 9.17) is 5.11 Å². The molecule has 94 valence electrons. The highest BCUT2D eigenvalue weighted by atomic mass is 16.3. The summed E-state index contributed by atoms with van der Waals surface area (Å²) in [7, 11) is 0. The van der Waals surface area contributed by atoms with Crippen LogP contribution in [0, 0.1) is 0 Å². The Labute approximate surface area is 104 Å². The minimum Gasteiger partial charge on any atom is -0.395 e. The van der Waals surface area contributed by atoms with E-state index in [-0.39, 0.29) is 6.61 Å². The van der Waals surface area contributed by atoms with Gasteiger partial charge in [0, 0.05) is 26.2 Å². The lowest BCUT2D eigenvalue weighted by Crippen LogP contribution is -2.32. The average Bonchev–Trinajstić information content (AvgIpc) is 2.57. The molecule has 0 saturated carbocycles. The molecule has 0 radical (unpaired) electrons. The highest BCUT2D eigenvalue weighted by molar-refractivity contribution is 5.14. The number of nitrogens with zero attached hydrogens (tertiary/aromatic N) is 2. The van der Waals surface area contributed by atoms with Crippen LogP contribution in [0.4, 0.5) is 0 Å². The molecule has 3 heteroatoms. The van der Waals surface area contributed by atoms with Crippen molar-refractivity contribution in [3.8, 4) is 0 Å². The summed E-state index contributed by atoms with van der Waals surface area (Å²) in [6.07, 6.45) is 1.20. The van der Waals surface area contributed by atoms with Gasteiger partial charge in [-0.3, -0.25) is 9.80 Å². The van der Waals surface area contributed by atoms with Crippen molar-refractivity contribution >= 4 is 0 Å². The van der Waals surface area contributed by atoms with E-state index in [1.165, 1.54) is 12.0 Å². The second kappa shape index (κ2) is 6.74. The minimum atomic E-state index is 0.276. The molecule has 0 spiro atoms. The van der Waals surface area contributed by atoms with E-state index in [1.807, 2.05) is 0 Å². The Kier molecular flexibility index (Phi) is 4.98. The van der Waals surface area contributed by atoms with E-state index < -0.39 is 0 Å². The lowest BCUT2D eigenvalue weighted by Gasteiger charge is -2.21. The minimum absolute atomic E-state index is 0.276. The van der Waals surface area contributed by atoms with Crippen LogP contribution in [0.2, 0.25) is 0 Å². The molecule has 3 nitrogen and oxygen atoms in total. The summed E-state index contributed by atoms with van der Waals surface area (Å²) in [5.74, 6) is 0. The van der Waals surface area contributed by atoms with Gasteiger partial charge >= 0.3 is 0 Å². The quantitative estimate of drug-likeness (QED) is 0.847. The summed E-state index contributed by atoms with van der Waals surface area (Å²) < 4.78 is 0. The van der Waals surface area contributed by atoms with Gasteiger partial charge in [0.05, 0.1) is 6.61 Å². The van der Waals surface area contributed by atoms with Crippen molar-refractivity contribution < 1.29 is 5.11 Å². The maximum Gasteiger partial charge on any atom is 0.0558 e. The maximum absolute atomic E-state index is 8.96. The second-order valence-electron chi connectivity index (χ2n) is 4.68. The van der Waals surface area contributed by atoms with E-state index in [0.29, 0.717) is 0 Å². The van der Waals surface area contributed by atoms with Crippen LogP contribution in [0.1, 0.15) is 12.0 Å². The van der Waals surface area contributed by atoms with Gasteiger partial charge in [-0.15, -0.1) is 0 Å². The highest BCUT2D eigenvalue weighted by Gasteiger charge is 2.14. The van der Waals surface area contributed by atoms with Crippen LogP contribution in [0.3, 0.4) is 0 Å². The van der Waals surface area contributed by atoms with Gasteiger partial charge in [0.25, 0.3) is 0 Å². The van der Waals surface area contributed by atoms with E-state index in [2.05, 4.69) is 40.1 Å². The van der Waals surface area contributed by atoms with Gasteiger partial charge in [-0.2, -0.15) is 0 Å². The number of aliphatic hydroxyl groups is 1. The third-order valence-electron chi connectivity index (χ3n) is 3.35. The van der Waals surface area contributed by atoms with Crippen LogP contribution in [0.25, 0.3) is 0 Å². The first-order valence-electron chi connectivity index (χ1n) is 6.48. The summed E-state index contributed by atoms with van der Waals surface area (Å²) >= 11 is 0. The molecule has 0 aromatic heterocycles. The summed E-state index contributed by atoms with van der Waals surface area (Å²) in [6, 6.07) is 10.7. The van der Waals surface area contributed by atoms with Gasteiger partial charge in [-0.05, 0) is 25.1 Å². The molecule has 0 amide bonds. The third-order valence-corrected chi connectivity index (χ3v) is 3.35. The number of hydrogen-bond acceptors (Lipinski definition) is 3. The zero-order valence-electron chi connectivity index (χ0n) is 10.4. The topological polar surface area (TPSA) is 26.7 Å². The van der Waals surface area contributed by atoms with Crippen molar-refractivity contribution in [1.29, 1.82) is 0 Å². The van der Waals surface area contributed by atoms with Gasteiger partial charge in [0.15, 0.2) is 0 Å². The lowest BCUT2D eigenvalue weighted by molar-refractivity contribution is 0.196. The van der Waals surface area contributed by atoms with Crippen molar-refractivity contribution in [1.82, 2.24) is 9.80 Å². The molecule has 0 bridgehead atoms. The largest absolute Gasteiger partial charge is 0.395 e. The second-order valence-corrected chi connectivity index (χ2v) is 4.68. The highest BCUT2D eigenvalue weighted by Crippen LogP contribution is 2.08. The normalized spacial score (nSPS) is 19.1. The van der Waals surface area contributed by atoms with Crippen molar-refractivity contribution in [3.05, 3.63) is 35.9 Å². The van der Waals surface area contributed by atoms with Crippen LogP contribution < -0.4 is 0 Å². The summed E-state index contributed by atoms with van der Waals surface area (Å²) in [5.41, 5.74) is 1.39. The average molecular weight is 234 g/mol. The zero-order valence-corrected chi connectivity index (χ0v) is 10.4. The van der Waals surface area contributed by atoms with Crippen molar-refractivity contribution in [2.75, 3.05) is 39.3 Å². The van der Waals surface area contributed by atoms with Crippen molar-refractivity contribution in [3.63, 3.8) is 0 Å². The Balaban J connectivity index is 1.83.